The smallest absolute Gasteiger partial charge is 0.390 e. The van der Waals surface area contributed by atoms with Crippen LogP contribution in [0.2, 0.25) is 0 Å². The molecule has 44 heavy (non-hydrogen) atoms. The molecule has 6 nitrogen and oxygen atoms in total. The van der Waals surface area contributed by atoms with E-state index >= 15 is 0 Å². The molecular weight excluding hydrogens is 572 g/mol. The summed E-state index contributed by atoms with van der Waals surface area (Å²) < 4.78 is 37.6. The molecule has 0 bridgehead atoms. The van der Waals surface area contributed by atoms with Gasteiger partial charge in [-0.3, -0.25) is 4.55 Å². The van der Waals surface area contributed by atoms with Gasteiger partial charge in [-0.25, -0.2) is 0 Å². The van der Waals surface area contributed by atoms with Crippen molar-refractivity contribution in [2.45, 2.75) is 144 Å². The van der Waals surface area contributed by atoms with E-state index in [0.717, 1.165) is 68.9 Å². The monoisotopic (exact) mass is 630 g/mol. The molecular formula is C37H58O6S. The third-order valence-electron chi connectivity index (χ3n) is 10.7. The summed E-state index contributed by atoms with van der Waals surface area (Å²) in [6, 6.07) is 5.39. The second kappa shape index (κ2) is 14.7. The first-order valence-electron chi connectivity index (χ1n) is 16.6. The van der Waals surface area contributed by atoms with Crippen LogP contribution in [0.1, 0.15) is 130 Å². The van der Waals surface area contributed by atoms with Gasteiger partial charge in [0.05, 0.1) is 11.7 Å². The lowest BCUT2D eigenvalue weighted by atomic mass is 9.54. The number of aliphatic hydroxyl groups is 2. The highest BCUT2D eigenvalue weighted by molar-refractivity contribution is 7.81. The lowest BCUT2D eigenvalue weighted by Gasteiger charge is -2.51. The van der Waals surface area contributed by atoms with E-state index in [-0.39, 0.29) is 16.6 Å². The molecule has 2 aliphatic carbocycles. The molecule has 0 heterocycles. The Morgan fingerprint density at radius 1 is 1.14 bits per heavy atom. The molecule has 0 aromatic heterocycles. The van der Waals surface area contributed by atoms with Crippen LogP contribution >= 0.6 is 0 Å². The summed E-state index contributed by atoms with van der Waals surface area (Å²) in [6.45, 7) is 17.0. The lowest BCUT2D eigenvalue weighted by molar-refractivity contribution is -0.0733. The molecule has 5 atom stereocenters. The summed E-state index contributed by atoms with van der Waals surface area (Å²) in [5.41, 5.74) is 5.97. The van der Waals surface area contributed by atoms with E-state index in [4.69, 9.17) is 4.18 Å². The Morgan fingerprint density at radius 2 is 1.84 bits per heavy atom. The highest BCUT2D eigenvalue weighted by Gasteiger charge is 2.46. The Labute approximate surface area is 267 Å². The van der Waals surface area contributed by atoms with Gasteiger partial charge in [0, 0.05) is 0 Å². The molecule has 0 radical (unpaired) electrons. The number of benzene rings is 1. The maximum absolute atomic E-state index is 11.6. The first kappa shape index (κ1) is 36.5. The summed E-state index contributed by atoms with van der Waals surface area (Å²) in [6.07, 6.45) is 14.1. The van der Waals surface area contributed by atoms with E-state index in [1.807, 2.05) is 13.0 Å². The van der Waals surface area contributed by atoms with E-state index in [1.54, 1.807) is 19.1 Å². The second-order valence-electron chi connectivity index (χ2n) is 14.8. The maximum Gasteiger partial charge on any atom is 0.446 e. The van der Waals surface area contributed by atoms with E-state index in [1.165, 1.54) is 22.3 Å². The highest BCUT2D eigenvalue weighted by atomic mass is 32.3. The normalized spacial score (nSPS) is 26.5. The summed E-state index contributed by atoms with van der Waals surface area (Å²) >= 11 is 0. The molecule has 2 aliphatic rings. The number of rotatable bonds is 14. The summed E-state index contributed by atoms with van der Waals surface area (Å²) in [5, 5.41) is 22.4. The summed E-state index contributed by atoms with van der Waals surface area (Å²) in [5.74, 6) is 0.564. The third kappa shape index (κ3) is 9.54. The van der Waals surface area contributed by atoms with Crippen molar-refractivity contribution in [3.63, 3.8) is 0 Å². The first-order valence-corrected chi connectivity index (χ1v) is 17.9. The van der Waals surface area contributed by atoms with Crippen molar-refractivity contribution in [3.8, 4) is 5.75 Å². The average Bonchev–Trinajstić information content (AvgIpc) is 2.90. The van der Waals surface area contributed by atoms with Gasteiger partial charge in [-0.2, -0.15) is 8.42 Å². The molecule has 0 saturated carbocycles. The standard InChI is InChI=1S/C37H58O6S/c1-26(2)12-9-13-27(3)14-10-22-37(8,39)34(38)20-23-35(6)21-11-15-32-31(35)18-17-29(5)36(32,7)25-30-24-28(4)16-19-33(30)43-44(40,41)42/h12,14,16,19,24,29,34,38-39H,9-11,13,15,17-18,20-23,25H2,1-8H3,(H,40,41,42)/b27-14+/t29-,34?,35-,36+,37?/m0/s1. The van der Waals surface area contributed by atoms with E-state index in [9.17, 15) is 23.2 Å². The zero-order valence-corrected chi connectivity index (χ0v) is 29.3. The molecule has 0 amide bonds. The van der Waals surface area contributed by atoms with Gasteiger partial charge >= 0.3 is 10.4 Å². The number of allylic oxidation sites excluding steroid dienone is 6. The van der Waals surface area contributed by atoms with Gasteiger partial charge in [-0.15, -0.1) is 0 Å². The first-order chi connectivity index (χ1) is 20.4. The largest absolute Gasteiger partial charge is 0.446 e. The van der Waals surface area contributed by atoms with Crippen LogP contribution in [0, 0.1) is 23.7 Å². The molecule has 3 rings (SSSR count). The summed E-state index contributed by atoms with van der Waals surface area (Å²) in [4.78, 5) is 0. The molecule has 2 unspecified atom stereocenters. The van der Waals surface area contributed by atoms with Gasteiger partial charge in [-0.05, 0) is 140 Å². The van der Waals surface area contributed by atoms with Crippen LogP contribution in [-0.2, 0) is 16.8 Å². The predicted molar refractivity (Wildman–Crippen MR) is 180 cm³/mol. The fourth-order valence-corrected chi connectivity index (χ4v) is 8.00. The molecule has 248 valence electrons. The van der Waals surface area contributed by atoms with Crippen molar-refractivity contribution in [1.82, 2.24) is 0 Å². The minimum atomic E-state index is -4.63. The van der Waals surface area contributed by atoms with Crippen LogP contribution < -0.4 is 4.18 Å². The van der Waals surface area contributed by atoms with E-state index in [2.05, 4.69) is 53.7 Å². The van der Waals surface area contributed by atoms with Gasteiger partial charge < -0.3 is 14.4 Å². The number of hydrogen-bond donors (Lipinski definition) is 3. The van der Waals surface area contributed by atoms with Crippen molar-refractivity contribution >= 4 is 10.4 Å². The number of aryl methyl sites for hydroxylation is 1. The Bertz CT molecular complexity index is 1350. The molecule has 0 fully saturated rings. The Balaban J connectivity index is 1.77. The van der Waals surface area contributed by atoms with Crippen molar-refractivity contribution in [1.29, 1.82) is 0 Å². The lowest BCUT2D eigenvalue weighted by Crippen LogP contribution is -2.42. The van der Waals surface area contributed by atoms with Crippen LogP contribution in [-0.4, -0.2) is 34.9 Å². The van der Waals surface area contributed by atoms with Gasteiger partial charge in [-0.1, -0.05) is 72.9 Å². The van der Waals surface area contributed by atoms with Crippen LogP contribution in [0.3, 0.4) is 0 Å². The average molecular weight is 631 g/mol. The fraction of sp³-hybridized carbons (Fsp3) is 0.676. The zero-order chi connectivity index (χ0) is 32.9. The Hall–Kier alpha value is -1.93. The number of hydrogen-bond acceptors (Lipinski definition) is 5. The fourth-order valence-electron chi connectivity index (χ4n) is 7.61. The molecule has 7 heteroatoms. The Kier molecular flexibility index (Phi) is 12.2. The van der Waals surface area contributed by atoms with Gasteiger partial charge in [0.15, 0.2) is 0 Å². The van der Waals surface area contributed by atoms with Crippen molar-refractivity contribution in [2.24, 2.45) is 16.7 Å². The van der Waals surface area contributed by atoms with Gasteiger partial charge in [0.2, 0.25) is 0 Å². The molecule has 0 spiro atoms. The van der Waals surface area contributed by atoms with E-state index < -0.39 is 22.1 Å². The molecule has 3 N–H and O–H groups in total. The Morgan fingerprint density at radius 3 is 2.50 bits per heavy atom. The van der Waals surface area contributed by atoms with Crippen LogP contribution in [0.25, 0.3) is 0 Å². The van der Waals surface area contributed by atoms with Crippen LogP contribution in [0.5, 0.6) is 5.75 Å². The predicted octanol–water partition coefficient (Wildman–Crippen LogP) is 9.01. The minimum absolute atomic E-state index is 0.0617. The molecule has 0 saturated heterocycles. The van der Waals surface area contributed by atoms with Gasteiger partial charge in [0.25, 0.3) is 0 Å². The molecule has 1 aromatic carbocycles. The zero-order valence-electron chi connectivity index (χ0n) is 28.5. The molecule has 0 aliphatic heterocycles. The maximum atomic E-state index is 11.6. The van der Waals surface area contributed by atoms with Crippen LogP contribution in [0.15, 0.2) is 52.6 Å². The van der Waals surface area contributed by atoms with Crippen molar-refractivity contribution in [2.75, 3.05) is 0 Å². The van der Waals surface area contributed by atoms with E-state index in [0.29, 0.717) is 25.2 Å². The summed E-state index contributed by atoms with van der Waals surface area (Å²) in [7, 11) is -4.63. The van der Waals surface area contributed by atoms with Crippen LogP contribution in [0.4, 0.5) is 0 Å². The SMILES string of the molecule is CC(C)=CCC/C(C)=C/CCC(C)(O)C(O)CC[C@]1(C)CCCC2=C1CC[C@H](C)[C@@]2(C)Cc1cc(C)ccc1OS(=O)(=O)O. The highest BCUT2D eigenvalue weighted by Crippen LogP contribution is 2.58. The minimum Gasteiger partial charge on any atom is -0.390 e. The van der Waals surface area contributed by atoms with Crippen molar-refractivity contribution < 1.29 is 27.4 Å². The van der Waals surface area contributed by atoms with Crippen molar-refractivity contribution in [3.05, 3.63) is 63.8 Å². The van der Waals surface area contributed by atoms with Gasteiger partial charge in [0.1, 0.15) is 5.75 Å². The third-order valence-corrected chi connectivity index (χ3v) is 11.1. The quantitative estimate of drug-likeness (QED) is 0.140. The topological polar surface area (TPSA) is 104 Å². The second-order valence-corrected chi connectivity index (χ2v) is 15.9. The molecule has 1 aromatic rings. The number of aliphatic hydroxyl groups excluding tert-OH is 1.